The lowest BCUT2D eigenvalue weighted by molar-refractivity contribution is 1.18. The minimum absolute atomic E-state index is 0.777. The van der Waals surface area contributed by atoms with E-state index in [2.05, 4.69) is 41.0 Å². The molecule has 19 heavy (non-hydrogen) atoms. The van der Waals surface area contributed by atoms with Gasteiger partial charge in [0.25, 0.3) is 0 Å². The fourth-order valence-electron chi connectivity index (χ4n) is 2.12. The second kappa shape index (κ2) is 5.24. The molecule has 0 bridgehead atoms. The molecule has 0 unspecified atom stereocenters. The highest BCUT2D eigenvalue weighted by atomic mass is 35.5. The number of fused-ring (bicyclic) bond motifs is 1. The van der Waals surface area contributed by atoms with Gasteiger partial charge >= 0.3 is 0 Å². The molecule has 1 nitrogen and oxygen atoms in total. The van der Waals surface area contributed by atoms with Gasteiger partial charge in [-0.3, -0.25) is 0 Å². The van der Waals surface area contributed by atoms with Crippen molar-refractivity contribution in [3.05, 3.63) is 64.0 Å². The van der Waals surface area contributed by atoms with Crippen molar-refractivity contribution in [2.24, 2.45) is 0 Å². The van der Waals surface area contributed by atoms with E-state index in [1.165, 1.54) is 21.2 Å². The van der Waals surface area contributed by atoms with Crippen LogP contribution in [0.1, 0.15) is 11.1 Å². The Hall–Kier alpha value is -1.51. The zero-order chi connectivity index (χ0) is 13.2. The highest BCUT2D eigenvalue weighted by Crippen LogP contribution is 2.28. The molecule has 96 valence electrons. The molecule has 0 saturated heterocycles. The van der Waals surface area contributed by atoms with Crippen LogP contribution in [0.15, 0.2) is 47.8 Å². The molecule has 2 aromatic carbocycles. The molecule has 1 N–H and O–H groups in total. The molecule has 1 aromatic heterocycles. The van der Waals surface area contributed by atoms with Gasteiger partial charge in [-0.15, -0.1) is 11.3 Å². The van der Waals surface area contributed by atoms with Gasteiger partial charge < -0.3 is 5.32 Å². The largest absolute Gasteiger partial charge is 0.380 e. The van der Waals surface area contributed by atoms with Gasteiger partial charge in [0.2, 0.25) is 0 Å². The number of nitrogens with one attached hydrogen (secondary N) is 1. The van der Waals surface area contributed by atoms with E-state index in [-0.39, 0.29) is 0 Å². The highest BCUT2D eigenvalue weighted by Gasteiger charge is 2.04. The number of benzene rings is 2. The topological polar surface area (TPSA) is 12.0 Å². The van der Waals surface area contributed by atoms with Gasteiger partial charge in [0.1, 0.15) is 0 Å². The maximum Gasteiger partial charge on any atom is 0.0640 e. The van der Waals surface area contributed by atoms with Gasteiger partial charge in [0.05, 0.1) is 10.7 Å². The monoisotopic (exact) mass is 287 g/mol. The molecule has 0 aliphatic heterocycles. The highest BCUT2D eigenvalue weighted by molar-refractivity contribution is 7.17. The third-order valence-corrected chi connectivity index (χ3v) is 4.48. The van der Waals surface area contributed by atoms with Crippen molar-refractivity contribution in [2.45, 2.75) is 13.5 Å². The van der Waals surface area contributed by atoms with E-state index >= 15 is 0 Å². The van der Waals surface area contributed by atoms with Gasteiger partial charge in [0, 0.05) is 11.2 Å². The predicted octanol–water partition coefficient (Wildman–Crippen LogP) is 5.48. The SMILES string of the molecule is Cc1ccc(NCc2csc3ccccc23)c(Cl)c1. The summed E-state index contributed by atoms with van der Waals surface area (Å²) in [5, 5.41) is 7.72. The standard InChI is InChI=1S/C16H14ClNS/c1-11-6-7-15(14(17)8-11)18-9-12-10-19-16-5-3-2-4-13(12)16/h2-8,10,18H,9H2,1H3. The van der Waals surface area contributed by atoms with Gasteiger partial charge in [0.15, 0.2) is 0 Å². The molecule has 0 aliphatic rings. The second-order valence-corrected chi connectivity index (χ2v) is 5.91. The Morgan fingerprint density at radius 2 is 2.00 bits per heavy atom. The first-order valence-corrected chi connectivity index (χ1v) is 7.45. The Morgan fingerprint density at radius 3 is 2.84 bits per heavy atom. The predicted molar refractivity (Wildman–Crippen MR) is 85.3 cm³/mol. The number of rotatable bonds is 3. The summed E-state index contributed by atoms with van der Waals surface area (Å²) in [6, 6.07) is 14.6. The first kappa shape index (κ1) is 12.5. The van der Waals surface area contributed by atoms with Crippen molar-refractivity contribution >= 4 is 38.7 Å². The third kappa shape index (κ3) is 2.60. The molecule has 1 heterocycles. The van der Waals surface area contributed by atoms with Crippen LogP contribution in [0.25, 0.3) is 10.1 Å². The smallest absolute Gasteiger partial charge is 0.0640 e. The van der Waals surface area contributed by atoms with Crippen LogP contribution in [0.5, 0.6) is 0 Å². The van der Waals surface area contributed by atoms with Crippen LogP contribution in [0.4, 0.5) is 5.69 Å². The minimum Gasteiger partial charge on any atom is -0.380 e. The quantitative estimate of drug-likeness (QED) is 0.673. The van der Waals surface area contributed by atoms with Crippen LogP contribution in [0.3, 0.4) is 0 Å². The number of thiophene rings is 1. The van der Waals surface area contributed by atoms with Crippen LogP contribution < -0.4 is 5.32 Å². The van der Waals surface area contributed by atoms with Gasteiger partial charge in [-0.2, -0.15) is 0 Å². The summed E-state index contributed by atoms with van der Waals surface area (Å²) in [6.07, 6.45) is 0. The summed E-state index contributed by atoms with van der Waals surface area (Å²) in [6.45, 7) is 2.84. The van der Waals surface area contributed by atoms with Crippen LogP contribution in [0, 0.1) is 6.92 Å². The van der Waals surface area contributed by atoms with Crippen molar-refractivity contribution in [3.8, 4) is 0 Å². The maximum absolute atomic E-state index is 6.23. The average Bonchev–Trinajstić information content (AvgIpc) is 2.81. The normalized spacial score (nSPS) is 10.8. The fourth-order valence-corrected chi connectivity index (χ4v) is 3.39. The van der Waals surface area contributed by atoms with Crippen LogP contribution in [-0.4, -0.2) is 0 Å². The summed E-state index contributed by atoms with van der Waals surface area (Å²) in [7, 11) is 0. The van der Waals surface area contributed by atoms with Crippen molar-refractivity contribution in [1.29, 1.82) is 0 Å². The Kier molecular flexibility index (Phi) is 3.45. The van der Waals surface area contributed by atoms with Crippen molar-refractivity contribution in [3.63, 3.8) is 0 Å². The Labute approximate surface area is 121 Å². The third-order valence-electron chi connectivity index (χ3n) is 3.16. The van der Waals surface area contributed by atoms with E-state index in [0.29, 0.717) is 0 Å². The summed E-state index contributed by atoms with van der Waals surface area (Å²) < 4.78 is 1.33. The van der Waals surface area contributed by atoms with Crippen LogP contribution >= 0.6 is 22.9 Å². The number of hydrogen-bond donors (Lipinski definition) is 1. The van der Waals surface area contributed by atoms with E-state index in [9.17, 15) is 0 Å². The van der Waals surface area contributed by atoms with Crippen LogP contribution in [0.2, 0.25) is 5.02 Å². The maximum atomic E-state index is 6.23. The van der Waals surface area contributed by atoms with Gasteiger partial charge in [-0.25, -0.2) is 0 Å². The number of aryl methyl sites for hydroxylation is 1. The molecule has 3 heteroatoms. The van der Waals surface area contributed by atoms with Crippen molar-refractivity contribution in [2.75, 3.05) is 5.32 Å². The van der Waals surface area contributed by atoms with Crippen LogP contribution in [-0.2, 0) is 6.54 Å². The Morgan fingerprint density at radius 1 is 1.16 bits per heavy atom. The lowest BCUT2D eigenvalue weighted by Crippen LogP contribution is -1.99. The second-order valence-electron chi connectivity index (χ2n) is 4.59. The van der Waals surface area contributed by atoms with E-state index in [1.807, 2.05) is 19.1 Å². The summed E-state index contributed by atoms with van der Waals surface area (Å²) in [5.74, 6) is 0. The minimum atomic E-state index is 0.777. The molecule has 3 aromatic rings. The lowest BCUT2D eigenvalue weighted by atomic mass is 10.1. The van der Waals surface area contributed by atoms with Crippen molar-refractivity contribution in [1.82, 2.24) is 0 Å². The van der Waals surface area contributed by atoms with Gasteiger partial charge in [-0.1, -0.05) is 35.9 Å². The molecular formula is C16H14ClNS. The fraction of sp³-hybridized carbons (Fsp3) is 0.125. The number of halogens is 1. The summed E-state index contributed by atoms with van der Waals surface area (Å²) >= 11 is 8.01. The molecule has 0 fully saturated rings. The van der Waals surface area contributed by atoms with E-state index in [4.69, 9.17) is 11.6 Å². The zero-order valence-electron chi connectivity index (χ0n) is 10.6. The number of anilines is 1. The molecule has 3 rings (SSSR count). The molecule has 0 atom stereocenters. The van der Waals surface area contributed by atoms with Gasteiger partial charge in [-0.05, 0) is 47.0 Å². The van der Waals surface area contributed by atoms with E-state index < -0.39 is 0 Å². The first-order valence-electron chi connectivity index (χ1n) is 6.19. The molecule has 0 spiro atoms. The van der Waals surface area contributed by atoms with E-state index in [0.717, 1.165) is 17.3 Å². The Balaban J connectivity index is 1.82. The molecule has 0 amide bonds. The van der Waals surface area contributed by atoms with E-state index in [1.54, 1.807) is 11.3 Å². The molecule has 0 aliphatic carbocycles. The molecule has 0 radical (unpaired) electrons. The number of hydrogen-bond acceptors (Lipinski definition) is 2. The van der Waals surface area contributed by atoms with Crippen molar-refractivity contribution < 1.29 is 0 Å². The lowest BCUT2D eigenvalue weighted by Gasteiger charge is -2.08. The molecule has 0 saturated carbocycles. The summed E-state index contributed by atoms with van der Waals surface area (Å²) in [4.78, 5) is 0. The molecular weight excluding hydrogens is 274 g/mol. The first-order chi connectivity index (χ1) is 9.24. The summed E-state index contributed by atoms with van der Waals surface area (Å²) in [5.41, 5.74) is 3.48. The zero-order valence-corrected chi connectivity index (χ0v) is 12.2. The Bertz CT molecular complexity index is 718. The average molecular weight is 288 g/mol.